The van der Waals surface area contributed by atoms with Gasteiger partial charge in [-0.05, 0) is 24.3 Å². The Hall–Kier alpha value is -3.84. The minimum atomic E-state index is -0.0858. The van der Waals surface area contributed by atoms with Crippen LogP contribution in [0.2, 0.25) is 0 Å². The van der Waals surface area contributed by atoms with Crippen LogP contribution in [0.5, 0.6) is 5.75 Å². The highest BCUT2D eigenvalue weighted by Crippen LogP contribution is 2.24. The Morgan fingerprint density at radius 2 is 1.82 bits per heavy atom. The van der Waals surface area contributed by atoms with E-state index in [0.717, 1.165) is 27.7 Å². The monoisotopic (exact) mass is 457 g/mol. The van der Waals surface area contributed by atoms with Gasteiger partial charge in [0.1, 0.15) is 11.5 Å². The molecule has 0 aliphatic heterocycles. The molecule has 5 rings (SSSR count). The predicted octanol–water partition coefficient (Wildman–Crippen LogP) is 5.31. The first-order chi connectivity index (χ1) is 16.3. The zero-order valence-corrected chi connectivity index (χ0v) is 18.8. The fourth-order valence-electron chi connectivity index (χ4n) is 3.64. The van der Waals surface area contributed by atoms with Gasteiger partial charge in [0.25, 0.3) is 5.91 Å². The SMILES string of the molecule is O=C(COc1ccccc1)N(CCc1csc2nc(-c3ccccc3)cn12)Cc1ccco1. The van der Waals surface area contributed by atoms with E-state index in [4.69, 9.17) is 14.1 Å². The van der Waals surface area contributed by atoms with Gasteiger partial charge in [-0.2, -0.15) is 0 Å². The molecule has 5 aromatic rings. The van der Waals surface area contributed by atoms with Crippen LogP contribution in [-0.4, -0.2) is 33.3 Å². The maximum Gasteiger partial charge on any atom is 0.260 e. The van der Waals surface area contributed by atoms with Crippen LogP contribution in [0.1, 0.15) is 11.5 Å². The summed E-state index contributed by atoms with van der Waals surface area (Å²) in [5.41, 5.74) is 3.15. The summed E-state index contributed by atoms with van der Waals surface area (Å²) < 4.78 is 13.3. The molecule has 6 nitrogen and oxygen atoms in total. The quantitative estimate of drug-likeness (QED) is 0.301. The first-order valence-corrected chi connectivity index (χ1v) is 11.6. The summed E-state index contributed by atoms with van der Waals surface area (Å²) in [4.78, 5) is 20.5. The number of hydrogen-bond acceptors (Lipinski definition) is 5. The molecule has 0 fully saturated rings. The molecule has 0 spiro atoms. The molecule has 0 N–H and O–H groups in total. The van der Waals surface area contributed by atoms with Gasteiger partial charge in [-0.1, -0.05) is 48.5 Å². The number of ether oxygens (including phenoxy) is 1. The molecule has 2 aromatic carbocycles. The normalized spacial score (nSPS) is 11.0. The minimum Gasteiger partial charge on any atom is -0.484 e. The van der Waals surface area contributed by atoms with Gasteiger partial charge < -0.3 is 14.1 Å². The highest BCUT2D eigenvalue weighted by Gasteiger charge is 2.18. The maximum atomic E-state index is 13.0. The molecule has 1 amide bonds. The van der Waals surface area contributed by atoms with Crippen LogP contribution in [-0.2, 0) is 17.8 Å². The van der Waals surface area contributed by atoms with E-state index in [1.807, 2.05) is 60.7 Å². The number of hydrogen-bond donors (Lipinski definition) is 0. The Morgan fingerprint density at radius 3 is 2.58 bits per heavy atom. The second kappa shape index (κ2) is 9.75. The van der Waals surface area contributed by atoms with Gasteiger partial charge in [-0.3, -0.25) is 9.20 Å². The second-order valence-corrected chi connectivity index (χ2v) is 8.45. The number of nitrogens with zero attached hydrogens (tertiary/aromatic N) is 3. The molecule has 0 aliphatic rings. The van der Waals surface area contributed by atoms with Crippen molar-refractivity contribution >= 4 is 22.2 Å². The number of furan rings is 1. The molecule has 3 aromatic heterocycles. The summed E-state index contributed by atoms with van der Waals surface area (Å²) >= 11 is 1.61. The first kappa shape index (κ1) is 21.0. The number of amides is 1. The standard InChI is InChI=1S/C26H23N3O3S/c30-25(18-32-22-10-5-2-6-11-22)28(16-23-12-7-15-31-23)14-13-21-19-33-26-27-24(17-29(21)26)20-8-3-1-4-9-20/h1-12,15,17,19H,13-14,16,18H2. The third-order valence-corrected chi connectivity index (χ3v) is 6.26. The van der Waals surface area contributed by atoms with E-state index < -0.39 is 0 Å². The molecule has 0 unspecified atom stereocenters. The molecule has 0 bridgehead atoms. The van der Waals surface area contributed by atoms with Crippen molar-refractivity contribution < 1.29 is 13.9 Å². The molecular formula is C26H23N3O3S. The number of rotatable bonds is 9. The molecule has 0 aliphatic carbocycles. The van der Waals surface area contributed by atoms with E-state index in [1.165, 1.54) is 0 Å². The van der Waals surface area contributed by atoms with Crippen LogP contribution in [0.3, 0.4) is 0 Å². The van der Waals surface area contributed by atoms with Crippen LogP contribution in [0.4, 0.5) is 0 Å². The van der Waals surface area contributed by atoms with Gasteiger partial charge in [0.05, 0.1) is 18.5 Å². The van der Waals surface area contributed by atoms with Gasteiger partial charge >= 0.3 is 0 Å². The third-order valence-electron chi connectivity index (χ3n) is 5.38. The van der Waals surface area contributed by atoms with Crippen molar-refractivity contribution in [2.75, 3.05) is 13.2 Å². The number of thiazole rings is 1. The van der Waals surface area contributed by atoms with Crippen molar-refractivity contribution in [1.29, 1.82) is 0 Å². The zero-order valence-electron chi connectivity index (χ0n) is 18.0. The van der Waals surface area contributed by atoms with Crippen molar-refractivity contribution in [2.24, 2.45) is 0 Å². The summed E-state index contributed by atoms with van der Waals surface area (Å²) in [6.07, 6.45) is 4.38. The van der Waals surface area contributed by atoms with Crippen molar-refractivity contribution in [1.82, 2.24) is 14.3 Å². The number of carbonyl (C=O) groups is 1. The Balaban J connectivity index is 1.30. The Kier molecular flexibility index (Phi) is 6.21. The number of carbonyl (C=O) groups excluding carboxylic acids is 1. The number of para-hydroxylation sites is 1. The highest BCUT2D eigenvalue weighted by atomic mass is 32.1. The van der Waals surface area contributed by atoms with E-state index in [-0.39, 0.29) is 12.5 Å². The largest absolute Gasteiger partial charge is 0.484 e. The highest BCUT2D eigenvalue weighted by molar-refractivity contribution is 7.15. The van der Waals surface area contributed by atoms with E-state index in [0.29, 0.717) is 25.3 Å². The van der Waals surface area contributed by atoms with Gasteiger partial charge in [-0.25, -0.2) is 4.98 Å². The summed E-state index contributed by atoms with van der Waals surface area (Å²) in [6.45, 7) is 0.922. The predicted molar refractivity (Wildman–Crippen MR) is 128 cm³/mol. The van der Waals surface area contributed by atoms with Crippen molar-refractivity contribution in [3.63, 3.8) is 0 Å². The second-order valence-electron chi connectivity index (χ2n) is 7.62. The lowest BCUT2D eigenvalue weighted by atomic mass is 10.2. The fourth-order valence-corrected chi connectivity index (χ4v) is 4.55. The Morgan fingerprint density at radius 1 is 1.03 bits per heavy atom. The lowest BCUT2D eigenvalue weighted by molar-refractivity contribution is -0.134. The van der Waals surface area contributed by atoms with Gasteiger partial charge in [-0.15, -0.1) is 11.3 Å². The maximum absolute atomic E-state index is 13.0. The van der Waals surface area contributed by atoms with E-state index in [9.17, 15) is 4.79 Å². The van der Waals surface area contributed by atoms with Gasteiger partial charge in [0.15, 0.2) is 11.6 Å². The smallest absolute Gasteiger partial charge is 0.260 e. The minimum absolute atomic E-state index is 0.0208. The summed E-state index contributed by atoms with van der Waals surface area (Å²) in [5, 5.41) is 2.10. The summed E-state index contributed by atoms with van der Waals surface area (Å²) in [6, 6.07) is 23.2. The van der Waals surface area contributed by atoms with Crippen LogP contribution in [0.15, 0.2) is 95.1 Å². The van der Waals surface area contributed by atoms with E-state index >= 15 is 0 Å². The summed E-state index contributed by atoms with van der Waals surface area (Å²) in [5.74, 6) is 1.33. The van der Waals surface area contributed by atoms with E-state index in [2.05, 4.69) is 28.1 Å². The average molecular weight is 458 g/mol. The van der Waals surface area contributed by atoms with Gasteiger partial charge in [0, 0.05) is 35.8 Å². The number of aromatic nitrogens is 2. The summed E-state index contributed by atoms with van der Waals surface area (Å²) in [7, 11) is 0. The molecule has 0 radical (unpaired) electrons. The lowest BCUT2D eigenvalue weighted by Crippen LogP contribution is -2.36. The molecule has 0 atom stereocenters. The molecule has 0 saturated carbocycles. The van der Waals surface area contributed by atoms with Crippen LogP contribution in [0.25, 0.3) is 16.2 Å². The van der Waals surface area contributed by atoms with Gasteiger partial charge in [0.2, 0.25) is 0 Å². The van der Waals surface area contributed by atoms with Crippen molar-refractivity contribution in [3.05, 3.63) is 102 Å². The molecule has 166 valence electrons. The molecule has 3 heterocycles. The topological polar surface area (TPSA) is 60.0 Å². The van der Waals surface area contributed by atoms with Crippen LogP contribution in [0, 0.1) is 0 Å². The average Bonchev–Trinajstić information content (AvgIpc) is 3.60. The molecule has 33 heavy (non-hydrogen) atoms. The third kappa shape index (κ3) is 4.99. The molecule has 7 heteroatoms. The van der Waals surface area contributed by atoms with Crippen molar-refractivity contribution in [3.8, 4) is 17.0 Å². The zero-order chi connectivity index (χ0) is 22.5. The van der Waals surface area contributed by atoms with Crippen LogP contribution >= 0.6 is 11.3 Å². The first-order valence-electron chi connectivity index (χ1n) is 10.7. The Bertz CT molecular complexity index is 1310. The number of fused-ring (bicyclic) bond motifs is 1. The molecule has 0 saturated heterocycles. The fraction of sp³-hybridized carbons (Fsp3) is 0.154. The molecular weight excluding hydrogens is 434 g/mol. The Labute approximate surface area is 195 Å². The lowest BCUT2D eigenvalue weighted by Gasteiger charge is -2.21. The van der Waals surface area contributed by atoms with Crippen molar-refractivity contribution in [2.45, 2.75) is 13.0 Å². The number of benzene rings is 2. The number of imidazole rings is 1. The van der Waals surface area contributed by atoms with Crippen LogP contribution < -0.4 is 4.74 Å². The van der Waals surface area contributed by atoms with E-state index in [1.54, 1.807) is 22.5 Å².